The van der Waals surface area contributed by atoms with Gasteiger partial charge in [0.15, 0.2) is 0 Å². The molecule has 1 aliphatic rings. The number of carbonyl (C=O) groups excluding carboxylic acids is 4. The maximum absolute atomic E-state index is 13.1. The van der Waals surface area contributed by atoms with Crippen molar-refractivity contribution in [3.8, 4) is 0 Å². The lowest BCUT2D eigenvalue weighted by molar-refractivity contribution is -0.130. The fourth-order valence-corrected chi connectivity index (χ4v) is 3.68. The molecule has 0 spiro atoms. The fourth-order valence-electron chi connectivity index (χ4n) is 3.68. The Hall–Kier alpha value is -3.74. The predicted octanol–water partition coefficient (Wildman–Crippen LogP) is 3.80. The Morgan fingerprint density at radius 1 is 0.944 bits per heavy atom. The van der Waals surface area contributed by atoms with Gasteiger partial charge in [-0.05, 0) is 61.8 Å². The Kier molecular flexibility index (Phi) is 11.6. The summed E-state index contributed by atoms with van der Waals surface area (Å²) < 4.78 is 0. The molecule has 3 N–H and O–H groups in total. The average Bonchev–Trinajstić information content (AvgIpc) is 2.88. The fraction of sp³-hybridized carbons (Fsp3) is 0.379. The van der Waals surface area contributed by atoms with Crippen LogP contribution < -0.4 is 16.0 Å². The molecule has 0 fully saturated rings. The number of aldehydes is 1. The molecular formula is C29H37N3O4. The van der Waals surface area contributed by atoms with E-state index in [2.05, 4.69) is 34.7 Å². The summed E-state index contributed by atoms with van der Waals surface area (Å²) in [5.41, 5.74) is 2.61. The third-order valence-electron chi connectivity index (χ3n) is 5.95. The van der Waals surface area contributed by atoms with Crippen LogP contribution in [0.2, 0.25) is 0 Å². The molecule has 0 saturated heterocycles. The van der Waals surface area contributed by atoms with Crippen LogP contribution in [0, 0.1) is 5.92 Å². The highest BCUT2D eigenvalue weighted by Gasteiger charge is 2.26. The molecule has 3 amide bonds. The van der Waals surface area contributed by atoms with Crippen LogP contribution >= 0.6 is 0 Å². The van der Waals surface area contributed by atoms with Crippen molar-refractivity contribution in [2.45, 2.75) is 64.6 Å². The van der Waals surface area contributed by atoms with E-state index in [-0.39, 0.29) is 11.8 Å². The molecule has 36 heavy (non-hydrogen) atoms. The summed E-state index contributed by atoms with van der Waals surface area (Å²) >= 11 is 0. The first-order chi connectivity index (χ1) is 17.3. The number of benzene rings is 1. The zero-order chi connectivity index (χ0) is 26.5. The molecule has 0 radical (unpaired) electrons. The number of amides is 3. The van der Waals surface area contributed by atoms with E-state index in [0.717, 1.165) is 24.0 Å². The van der Waals surface area contributed by atoms with Gasteiger partial charge in [0.2, 0.25) is 11.8 Å². The Bertz CT molecular complexity index is 1020. The lowest BCUT2D eigenvalue weighted by Gasteiger charge is -2.23. The smallest absolute Gasteiger partial charge is 0.251 e. The highest BCUT2D eigenvalue weighted by atomic mass is 16.2. The van der Waals surface area contributed by atoms with Crippen LogP contribution in [0.3, 0.4) is 0 Å². The third-order valence-corrected chi connectivity index (χ3v) is 5.95. The van der Waals surface area contributed by atoms with Crippen LogP contribution in [0.4, 0.5) is 0 Å². The van der Waals surface area contributed by atoms with Crippen LogP contribution in [0.25, 0.3) is 0 Å². The zero-order valence-electron chi connectivity index (χ0n) is 21.3. The molecule has 1 aromatic carbocycles. The van der Waals surface area contributed by atoms with Crippen molar-refractivity contribution < 1.29 is 19.2 Å². The van der Waals surface area contributed by atoms with Gasteiger partial charge in [-0.1, -0.05) is 69.0 Å². The van der Waals surface area contributed by atoms with Crippen molar-refractivity contribution in [2.75, 3.05) is 0 Å². The van der Waals surface area contributed by atoms with Crippen molar-refractivity contribution in [1.82, 2.24) is 16.0 Å². The summed E-state index contributed by atoms with van der Waals surface area (Å²) in [4.78, 5) is 49.6. The van der Waals surface area contributed by atoms with Gasteiger partial charge in [0, 0.05) is 5.56 Å². The van der Waals surface area contributed by atoms with Gasteiger partial charge in [-0.25, -0.2) is 0 Å². The van der Waals surface area contributed by atoms with Crippen LogP contribution in [0.15, 0.2) is 78.4 Å². The first-order valence-electron chi connectivity index (χ1n) is 12.4. The second-order valence-corrected chi connectivity index (χ2v) is 9.12. The molecule has 7 heteroatoms. The lowest BCUT2D eigenvalue weighted by atomic mass is 9.97. The lowest BCUT2D eigenvalue weighted by Crippen LogP contribution is -2.54. The number of hydrogen-bond acceptors (Lipinski definition) is 4. The molecule has 1 aromatic rings. The largest absolute Gasteiger partial charge is 0.345 e. The zero-order valence-corrected chi connectivity index (χ0v) is 21.3. The molecule has 0 saturated carbocycles. The van der Waals surface area contributed by atoms with Crippen LogP contribution in [0.1, 0.15) is 56.8 Å². The topological polar surface area (TPSA) is 104 Å². The molecule has 192 valence electrons. The van der Waals surface area contributed by atoms with Gasteiger partial charge in [0.05, 0.1) is 6.04 Å². The summed E-state index contributed by atoms with van der Waals surface area (Å²) in [5.74, 6) is -1.37. The van der Waals surface area contributed by atoms with E-state index in [0.29, 0.717) is 24.7 Å². The number of rotatable bonds is 13. The highest BCUT2D eigenvalue weighted by molar-refractivity contribution is 5.98. The summed E-state index contributed by atoms with van der Waals surface area (Å²) in [5, 5.41) is 8.10. The Morgan fingerprint density at radius 3 is 2.22 bits per heavy atom. The monoisotopic (exact) mass is 491 g/mol. The van der Waals surface area contributed by atoms with Gasteiger partial charge in [-0.3, -0.25) is 14.4 Å². The molecule has 0 heterocycles. The summed E-state index contributed by atoms with van der Waals surface area (Å²) in [6, 6.07) is 6.28. The summed E-state index contributed by atoms with van der Waals surface area (Å²) in [6.07, 6.45) is 13.6. The maximum Gasteiger partial charge on any atom is 0.251 e. The van der Waals surface area contributed by atoms with Gasteiger partial charge < -0.3 is 20.7 Å². The van der Waals surface area contributed by atoms with E-state index >= 15 is 0 Å². The molecule has 7 nitrogen and oxygen atoms in total. The number of hydrogen-bond donors (Lipinski definition) is 3. The van der Waals surface area contributed by atoms with Crippen molar-refractivity contribution >= 4 is 24.0 Å². The second kappa shape index (κ2) is 14.6. The Morgan fingerprint density at radius 2 is 1.61 bits per heavy atom. The second-order valence-electron chi connectivity index (χ2n) is 9.12. The molecule has 3 unspecified atom stereocenters. The third kappa shape index (κ3) is 8.80. The molecule has 0 bridgehead atoms. The SMILES string of the molecule is C=CC1=CCCC=C1C=CCCC(NC(=O)c1ccccc1)C(=O)NC(C)C(=O)NC(C=O)C(C)C. The van der Waals surface area contributed by atoms with Gasteiger partial charge in [-0.2, -0.15) is 0 Å². The van der Waals surface area contributed by atoms with Gasteiger partial charge in [-0.15, -0.1) is 0 Å². The van der Waals surface area contributed by atoms with E-state index in [4.69, 9.17) is 0 Å². The summed E-state index contributed by atoms with van der Waals surface area (Å²) in [7, 11) is 0. The van der Waals surface area contributed by atoms with Crippen molar-refractivity contribution in [3.05, 3.63) is 84.0 Å². The van der Waals surface area contributed by atoms with Crippen LogP contribution in [-0.4, -0.2) is 42.1 Å². The number of nitrogens with one attached hydrogen (secondary N) is 3. The first kappa shape index (κ1) is 28.5. The molecular weight excluding hydrogens is 454 g/mol. The van der Waals surface area contributed by atoms with Gasteiger partial charge >= 0.3 is 0 Å². The standard InChI is InChI=1S/C29H37N3O4/c1-5-22-13-9-10-14-23(22)15-11-12-18-25(31-28(35)24-16-7-6-8-17-24)29(36)30-21(4)27(34)32-26(19-33)20(2)3/h5-8,11,13-17,19-21,25-26H,1,9-10,12,18H2,2-4H3,(H,30,36)(H,31,35)(H,32,34). The first-order valence-corrected chi connectivity index (χ1v) is 12.4. The van der Waals surface area contributed by atoms with Gasteiger partial charge in [0.25, 0.3) is 5.91 Å². The minimum absolute atomic E-state index is 0.0743. The minimum atomic E-state index is -0.877. The van der Waals surface area contributed by atoms with Crippen LogP contribution in [-0.2, 0) is 14.4 Å². The summed E-state index contributed by atoms with van der Waals surface area (Å²) in [6.45, 7) is 9.04. The number of carbonyl (C=O) groups is 4. The van der Waals surface area contributed by atoms with E-state index in [1.807, 2.05) is 38.1 Å². The van der Waals surface area contributed by atoms with Crippen LogP contribution in [0.5, 0.6) is 0 Å². The van der Waals surface area contributed by atoms with E-state index in [1.165, 1.54) is 0 Å². The van der Waals surface area contributed by atoms with E-state index in [1.54, 1.807) is 31.2 Å². The van der Waals surface area contributed by atoms with Crippen molar-refractivity contribution in [2.24, 2.45) is 5.92 Å². The minimum Gasteiger partial charge on any atom is -0.345 e. The van der Waals surface area contributed by atoms with E-state index in [9.17, 15) is 19.2 Å². The quantitative estimate of drug-likeness (QED) is 0.365. The Balaban J connectivity index is 2.07. The normalized spacial score (nSPS) is 15.8. The van der Waals surface area contributed by atoms with E-state index < -0.39 is 29.9 Å². The molecule has 1 aliphatic carbocycles. The van der Waals surface area contributed by atoms with Crippen molar-refractivity contribution in [3.63, 3.8) is 0 Å². The Labute approximate surface area is 213 Å². The molecule has 0 aromatic heterocycles. The number of allylic oxidation sites excluding steroid dienone is 7. The molecule has 3 atom stereocenters. The molecule has 0 aliphatic heterocycles. The highest BCUT2D eigenvalue weighted by Crippen LogP contribution is 2.21. The van der Waals surface area contributed by atoms with Crippen molar-refractivity contribution in [1.29, 1.82) is 0 Å². The maximum atomic E-state index is 13.1. The van der Waals surface area contributed by atoms with Gasteiger partial charge in [0.1, 0.15) is 18.4 Å². The average molecular weight is 492 g/mol. The molecule has 2 rings (SSSR count). The predicted molar refractivity (Wildman–Crippen MR) is 142 cm³/mol.